The summed E-state index contributed by atoms with van der Waals surface area (Å²) in [6, 6.07) is 16.7. The molecular weight excluding hydrogens is 370 g/mol. The Morgan fingerprint density at radius 1 is 1.10 bits per heavy atom. The molecule has 0 aliphatic carbocycles. The van der Waals surface area contributed by atoms with Crippen LogP contribution in [-0.2, 0) is 0 Å². The predicted molar refractivity (Wildman–Crippen MR) is 112 cm³/mol. The molecule has 0 bridgehead atoms. The molecule has 0 spiro atoms. The molecule has 4 aromatic rings. The second-order valence-corrected chi connectivity index (χ2v) is 6.45. The number of anilines is 1. The number of aromatic nitrogens is 3. The molecule has 2 aromatic carbocycles. The largest absolute Gasteiger partial charge is 0.497 e. The fourth-order valence-corrected chi connectivity index (χ4v) is 3.45. The zero-order chi connectivity index (χ0) is 20.5. The summed E-state index contributed by atoms with van der Waals surface area (Å²) in [6.45, 7) is 1.83. The highest BCUT2D eigenvalue weighted by Gasteiger charge is 2.29. The molecule has 8 nitrogen and oxygen atoms in total. The van der Waals surface area contributed by atoms with Crippen LogP contribution in [0.4, 0.5) is 11.5 Å². The number of nitrogens with one attached hydrogen (secondary N) is 1. The Bertz CT molecular complexity index is 1200. The number of methoxy groups -OCH3 is 1. The molecule has 29 heavy (non-hydrogen) atoms. The first kappa shape index (κ1) is 18.4. The highest BCUT2D eigenvalue weighted by molar-refractivity contribution is 6.03. The molecule has 0 atom stereocenters. The van der Waals surface area contributed by atoms with Crippen molar-refractivity contribution in [1.82, 2.24) is 14.8 Å². The van der Waals surface area contributed by atoms with E-state index in [-0.39, 0.29) is 11.5 Å². The Balaban J connectivity index is 2.12. The summed E-state index contributed by atoms with van der Waals surface area (Å²) < 4.78 is 6.94. The first-order valence-corrected chi connectivity index (χ1v) is 9.00. The Morgan fingerprint density at radius 3 is 2.38 bits per heavy atom. The van der Waals surface area contributed by atoms with Crippen molar-refractivity contribution in [2.24, 2.45) is 0 Å². The van der Waals surface area contributed by atoms with Crippen LogP contribution in [0.2, 0.25) is 0 Å². The molecule has 4 rings (SSSR count). The number of nitrogens with zero attached hydrogens (tertiary/aromatic N) is 4. The van der Waals surface area contributed by atoms with E-state index in [1.165, 1.54) is 0 Å². The van der Waals surface area contributed by atoms with E-state index in [2.05, 4.69) is 15.4 Å². The first-order chi connectivity index (χ1) is 14.0. The van der Waals surface area contributed by atoms with Crippen LogP contribution in [0, 0.1) is 17.0 Å². The molecule has 1 N–H and O–H groups in total. The molecule has 0 saturated carbocycles. The van der Waals surface area contributed by atoms with Gasteiger partial charge in [0.25, 0.3) is 0 Å². The molecule has 2 aromatic heterocycles. The van der Waals surface area contributed by atoms with E-state index in [0.29, 0.717) is 33.6 Å². The van der Waals surface area contributed by atoms with Gasteiger partial charge in [-0.2, -0.15) is 5.10 Å². The second kappa shape index (κ2) is 7.23. The maximum Gasteiger partial charge on any atom is 0.319 e. The van der Waals surface area contributed by atoms with E-state index in [1.54, 1.807) is 43.1 Å². The van der Waals surface area contributed by atoms with Crippen molar-refractivity contribution in [2.45, 2.75) is 6.92 Å². The van der Waals surface area contributed by atoms with Crippen LogP contribution in [0.5, 0.6) is 5.75 Å². The van der Waals surface area contributed by atoms with Crippen molar-refractivity contribution in [3.05, 3.63) is 70.4 Å². The van der Waals surface area contributed by atoms with E-state index < -0.39 is 4.92 Å². The van der Waals surface area contributed by atoms with Crippen molar-refractivity contribution in [3.63, 3.8) is 0 Å². The maximum atomic E-state index is 12.0. The average Bonchev–Trinajstić information content (AvgIpc) is 3.09. The first-order valence-electron chi connectivity index (χ1n) is 9.00. The maximum absolute atomic E-state index is 12.0. The summed E-state index contributed by atoms with van der Waals surface area (Å²) >= 11 is 0. The number of pyridine rings is 1. The molecule has 0 fully saturated rings. The molecule has 146 valence electrons. The van der Waals surface area contributed by atoms with Crippen LogP contribution >= 0.6 is 0 Å². The number of benzene rings is 2. The smallest absolute Gasteiger partial charge is 0.319 e. The lowest BCUT2D eigenvalue weighted by Crippen LogP contribution is -2.04. The standard InChI is InChI=1S/C21H19N5O3/c1-13-17-18(14-9-11-16(29-3)12-10-14)19(26(27)28)20(22-2)23-21(17)25(24-13)15-7-5-4-6-8-15/h4-12H,1-3H3,(H,22,23). The summed E-state index contributed by atoms with van der Waals surface area (Å²) in [5, 5.41) is 20.2. The summed E-state index contributed by atoms with van der Waals surface area (Å²) in [5.41, 5.74) is 3.13. The molecule has 0 aliphatic heterocycles. The molecular formula is C21H19N5O3. The average molecular weight is 389 g/mol. The molecule has 0 amide bonds. The van der Waals surface area contributed by atoms with Crippen LogP contribution in [0.25, 0.3) is 27.8 Å². The minimum atomic E-state index is -0.406. The number of nitro groups is 1. The topological polar surface area (TPSA) is 95.1 Å². The summed E-state index contributed by atoms with van der Waals surface area (Å²) in [4.78, 5) is 16.2. The minimum Gasteiger partial charge on any atom is -0.497 e. The van der Waals surface area contributed by atoms with Gasteiger partial charge in [0.1, 0.15) is 5.75 Å². The van der Waals surface area contributed by atoms with Gasteiger partial charge in [-0.15, -0.1) is 0 Å². The summed E-state index contributed by atoms with van der Waals surface area (Å²) in [7, 11) is 3.20. The number of hydrogen-bond donors (Lipinski definition) is 1. The Morgan fingerprint density at radius 2 is 1.79 bits per heavy atom. The van der Waals surface area contributed by atoms with Gasteiger partial charge in [0.15, 0.2) is 5.65 Å². The molecule has 0 radical (unpaired) electrons. The van der Waals surface area contributed by atoms with Gasteiger partial charge in [-0.25, -0.2) is 9.67 Å². The van der Waals surface area contributed by atoms with Gasteiger partial charge in [0.05, 0.1) is 34.4 Å². The normalized spacial score (nSPS) is 10.9. The second-order valence-electron chi connectivity index (χ2n) is 6.45. The number of ether oxygens (including phenoxy) is 1. The van der Waals surface area contributed by atoms with Crippen molar-refractivity contribution in [1.29, 1.82) is 0 Å². The predicted octanol–water partition coefficient (Wildman–Crippen LogP) is 4.35. The van der Waals surface area contributed by atoms with E-state index in [9.17, 15) is 10.1 Å². The Hall–Kier alpha value is -3.94. The van der Waals surface area contributed by atoms with Gasteiger partial charge in [0.2, 0.25) is 5.82 Å². The SMILES string of the molecule is CNc1nc2c(c(C)nn2-c2ccccc2)c(-c2ccc(OC)cc2)c1[N+](=O)[O-]. The molecule has 8 heteroatoms. The van der Waals surface area contributed by atoms with Crippen LogP contribution in [0.3, 0.4) is 0 Å². The van der Waals surface area contributed by atoms with Crippen molar-refractivity contribution in [2.75, 3.05) is 19.5 Å². The number of rotatable bonds is 5. The monoisotopic (exact) mass is 389 g/mol. The number of aryl methyl sites for hydroxylation is 1. The summed E-state index contributed by atoms with van der Waals surface area (Å²) in [5.74, 6) is 0.859. The third-order valence-corrected chi connectivity index (χ3v) is 4.76. The fraction of sp³-hybridized carbons (Fsp3) is 0.143. The number of hydrogen-bond acceptors (Lipinski definition) is 6. The van der Waals surface area contributed by atoms with E-state index in [1.807, 2.05) is 37.3 Å². The number of fused-ring (bicyclic) bond motifs is 1. The molecule has 0 aliphatic rings. The van der Waals surface area contributed by atoms with Gasteiger partial charge in [-0.05, 0) is 36.8 Å². The van der Waals surface area contributed by atoms with Gasteiger partial charge in [-0.3, -0.25) is 10.1 Å². The van der Waals surface area contributed by atoms with Crippen LogP contribution in [-0.4, -0.2) is 33.8 Å². The quantitative estimate of drug-likeness (QED) is 0.403. The van der Waals surface area contributed by atoms with Gasteiger partial charge in [-0.1, -0.05) is 30.3 Å². The van der Waals surface area contributed by atoms with Crippen molar-refractivity contribution < 1.29 is 9.66 Å². The van der Waals surface area contributed by atoms with Gasteiger partial charge in [0, 0.05) is 7.05 Å². The lowest BCUT2D eigenvalue weighted by Gasteiger charge is -2.11. The van der Waals surface area contributed by atoms with Gasteiger partial charge >= 0.3 is 5.69 Å². The lowest BCUT2D eigenvalue weighted by atomic mass is 10.00. The Labute approximate surface area is 166 Å². The molecule has 2 heterocycles. The van der Waals surface area contributed by atoms with E-state index in [4.69, 9.17) is 4.74 Å². The van der Waals surface area contributed by atoms with Crippen LogP contribution < -0.4 is 10.1 Å². The third kappa shape index (κ3) is 3.04. The zero-order valence-electron chi connectivity index (χ0n) is 16.2. The van der Waals surface area contributed by atoms with E-state index in [0.717, 1.165) is 5.69 Å². The number of para-hydroxylation sites is 1. The lowest BCUT2D eigenvalue weighted by molar-refractivity contribution is -0.383. The minimum absolute atomic E-state index is 0.0825. The van der Waals surface area contributed by atoms with Crippen molar-refractivity contribution >= 4 is 22.5 Å². The van der Waals surface area contributed by atoms with E-state index >= 15 is 0 Å². The summed E-state index contributed by atoms with van der Waals surface area (Å²) in [6.07, 6.45) is 0. The zero-order valence-corrected chi connectivity index (χ0v) is 16.2. The highest BCUT2D eigenvalue weighted by atomic mass is 16.6. The molecule has 0 saturated heterocycles. The Kier molecular flexibility index (Phi) is 4.59. The fourth-order valence-electron chi connectivity index (χ4n) is 3.45. The third-order valence-electron chi connectivity index (χ3n) is 4.76. The molecule has 0 unspecified atom stereocenters. The van der Waals surface area contributed by atoms with Crippen LogP contribution in [0.15, 0.2) is 54.6 Å². The van der Waals surface area contributed by atoms with Crippen LogP contribution in [0.1, 0.15) is 5.69 Å². The van der Waals surface area contributed by atoms with Gasteiger partial charge < -0.3 is 10.1 Å². The highest BCUT2D eigenvalue weighted by Crippen LogP contribution is 2.42. The van der Waals surface area contributed by atoms with Crippen molar-refractivity contribution in [3.8, 4) is 22.6 Å².